The highest BCUT2D eigenvalue weighted by molar-refractivity contribution is 4.85. The second kappa shape index (κ2) is 5.07. The molecular formula is C10H21NO3. The van der Waals surface area contributed by atoms with Crippen LogP contribution >= 0.6 is 0 Å². The minimum atomic E-state index is -0.156. The van der Waals surface area contributed by atoms with E-state index in [4.69, 9.17) is 9.47 Å². The monoisotopic (exact) mass is 203 g/mol. The fourth-order valence-corrected chi connectivity index (χ4v) is 1.87. The number of nitrogens with zero attached hydrogens (tertiary/aromatic N) is 1. The fourth-order valence-electron chi connectivity index (χ4n) is 1.87. The van der Waals surface area contributed by atoms with Crippen LogP contribution in [-0.2, 0) is 9.47 Å². The number of hydrogen-bond acceptors (Lipinski definition) is 4. The minimum Gasteiger partial charge on any atom is -0.396 e. The summed E-state index contributed by atoms with van der Waals surface area (Å²) in [6, 6.07) is 0. The standard InChI is InChI=1S/C10H21NO3/c1-10(8-12)4-5-11(7-10)6-9(13-2)14-3/h9,12H,4-8H2,1-3H3/t10-/m0/s1. The van der Waals surface area contributed by atoms with Crippen molar-refractivity contribution in [2.45, 2.75) is 19.6 Å². The van der Waals surface area contributed by atoms with Gasteiger partial charge in [0.15, 0.2) is 6.29 Å². The summed E-state index contributed by atoms with van der Waals surface area (Å²) < 4.78 is 10.3. The molecule has 1 saturated heterocycles. The van der Waals surface area contributed by atoms with E-state index in [1.165, 1.54) is 0 Å². The van der Waals surface area contributed by atoms with Gasteiger partial charge < -0.3 is 14.6 Å². The van der Waals surface area contributed by atoms with Crippen LogP contribution in [0.4, 0.5) is 0 Å². The lowest BCUT2D eigenvalue weighted by molar-refractivity contribution is -0.115. The van der Waals surface area contributed by atoms with Crippen molar-refractivity contribution in [1.82, 2.24) is 4.90 Å². The highest BCUT2D eigenvalue weighted by atomic mass is 16.7. The van der Waals surface area contributed by atoms with Crippen molar-refractivity contribution in [2.75, 3.05) is 40.5 Å². The van der Waals surface area contributed by atoms with Gasteiger partial charge in [0, 0.05) is 39.3 Å². The predicted molar refractivity (Wildman–Crippen MR) is 54.1 cm³/mol. The zero-order valence-corrected chi connectivity index (χ0v) is 9.32. The lowest BCUT2D eigenvalue weighted by atomic mass is 9.91. The molecule has 0 bridgehead atoms. The first kappa shape index (κ1) is 11.9. The summed E-state index contributed by atoms with van der Waals surface area (Å²) in [6.45, 7) is 5.09. The first-order chi connectivity index (χ1) is 6.63. The zero-order valence-electron chi connectivity index (χ0n) is 9.32. The van der Waals surface area contributed by atoms with Gasteiger partial charge in [-0.1, -0.05) is 6.92 Å². The molecule has 1 rings (SSSR count). The smallest absolute Gasteiger partial charge is 0.169 e. The van der Waals surface area contributed by atoms with E-state index >= 15 is 0 Å². The van der Waals surface area contributed by atoms with Crippen LogP contribution in [0.25, 0.3) is 0 Å². The van der Waals surface area contributed by atoms with Gasteiger partial charge in [0.05, 0.1) is 0 Å². The fraction of sp³-hybridized carbons (Fsp3) is 1.00. The number of methoxy groups -OCH3 is 2. The molecule has 4 nitrogen and oxygen atoms in total. The van der Waals surface area contributed by atoms with E-state index in [0.717, 1.165) is 26.1 Å². The first-order valence-corrected chi connectivity index (χ1v) is 5.02. The summed E-state index contributed by atoms with van der Waals surface area (Å²) in [6.07, 6.45) is 0.889. The van der Waals surface area contributed by atoms with E-state index in [1.54, 1.807) is 14.2 Å². The van der Waals surface area contributed by atoms with Crippen LogP contribution in [0, 0.1) is 5.41 Å². The summed E-state index contributed by atoms with van der Waals surface area (Å²) in [5, 5.41) is 9.20. The molecular weight excluding hydrogens is 182 g/mol. The Morgan fingerprint density at radius 1 is 1.43 bits per heavy atom. The summed E-state index contributed by atoms with van der Waals surface area (Å²) >= 11 is 0. The van der Waals surface area contributed by atoms with Gasteiger partial charge in [0.25, 0.3) is 0 Å². The van der Waals surface area contributed by atoms with Crippen molar-refractivity contribution < 1.29 is 14.6 Å². The van der Waals surface area contributed by atoms with Crippen LogP contribution in [0.1, 0.15) is 13.3 Å². The van der Waals surface area contributed by atoms with Gasteiger partial charge in [-0.05, 0) is 13.0 Å². The van der Waals surface area contributed by atoms with Gasteiger partial charge in [-0.3, -0.25) is 4.90 Å². The largest absolute Gasteiger partial charge is 0.396 e. The number of aliphatic hydroxyl groups excluding tert-OH is 1. The molecule has 0 aromatic heterocycles. The van der Waals surface area contributed by atoms with Crippen LogP contribution in [0.15, 0.2) is 0 Å². The molecule has 1 heterocycles. The van der Waals surface area contributed by atoms with Crippen molar-refractivity contribution in [3.8, 4) is 0 Å². The highest BCUT2D eigenvalue weighted by Crippen LogP contribution is 2.29. The SMILES string of the molecule is COC(CN1CC[C@](C)(CO)C1)OC. The Morgan fingerprint density at radius 3 is 2.50 bits per heavy atom. The molecule has 4 heteroatoms. The van der Waals surface area contributed by atoms with Crippen molar-refractivity contribution in [1.29, 1.82) is 0 Å². The minimum absolute atomic E-state index is 0.0615. The van der Waals surface area contributed by atoms with Gasteiger partial charge in [0.2, 0.25) is 0 Å². The Balaban J connectivity index is 2.35. The molecule has 1 fully saturated rings. The third-order valence-corrected chi connectivity index (χ3v) is 2.95. The first-order valence-electron chi connectivity index (χ1n) is 5.02. The van der Waals surface area contributed by atoms with Gasteiger partial charge in [-0.15, -0.1) is 0 Å². The third-order valence-electron chi connectivity index (χ3n) is 2.95. The number of ether oxygens (including phenoxy) is 2. The predicted octanol–water partition coefficient (Wildman–Crippen LogP) is 0.310. The Morgan fingerprint density at radius 2 is 2.07 bits per heavy atom. The van der Waals surface area contributed by atoms with Crippen LogP contribution in [-0.4, -0.2) is 56.8 Å². The molecule has 0 unspecified atom stereocenters. The molecule has 84 valence electrons. The average molecular weight is 203 g/mol. The molecule has 14 heavy (non-hydrogen) atoms. The van der Waals surface area contributed by atoms with Gasteiger partial charge in [-0.2, -0.15) is 0 Å². The number of likely N-dealkylation sites (tertiary alicyclic amines) is 1. The molecule has 1 aliphatic rings. The van der Waals surface area contributed by atoms with Gasteiger partial charge >= 0.3 is 0 Å². The quantitative estimate of drug-likeness (QED) is 0.653. The van der Waals surface area contributed by atoms with Crippen LogP contribution in [0.3, 0.4) is 0 Å². The second-order valence-corrected chi connectivity index (χ2v) is 4.35. The molecule has 0 aromatic carbocycles. The molecule has 0 aliphatic carbocycles. The summed E-state index contributed by atoms with van der Waals surface area (Å²) in [5.74, 6) is 0. The molecule has 0 aromatic rings. The Kier molecular flexibility index (Phi) is 4.31. The van der Waals surface area contributed by atoms with Crippen molar-refractivity contribution in [2.24, 2.45) is 5.41 Å². The molecule has 0 radical (unpaired) electrons. The maximum Gasteiger partial charge on any atom is 0.169 e. The highest BCUT2D eigenvalue weighted by Gasteiger charge is 2.33. The second-order valence-electron chi connectivity index (χ2n) is 4.35. The zero-order chi connectivity index (χ0) is 10.6. The van der Waals surface area contributed by atoms with Gasteiger partial charge in [0.1, 0.15) is 0 Å². The molecule has 0 saturated carbocycles. The van der Waals surface area contributed by atoms with E-state index < -0.39 is 0 Å². The third kappa shape index (κ3) is 2.92. The Labute approximate surface area is 85.8 Å². The Hall–Kier alpha value is -0.160. The number of rotatable bonds is 5. The topological polar surface area (TPSA) is 41.9 Å². The van der Waals surface area contributed by atoms with Crippen molar-refractivity contribution in [3.05, 3.63) is 0 Å². The van der Waals surface area contributed by atoms with Crippen molar-refractivity contribution in [3.63, 3.8) is 0 Å². The maximum atomic E-state index is 9.20. The van der Waals surface area contributed by atoms with E-state index in [2.05, 4.69) is 11.8 Å². The lowest BCUT2D eigenvalue weighted by Crippen LogP contribution is -2.35. The summed E-state index contributed by atoms with van der Waals surface area (Å²) in [4.78, 5) is 2.27. The molecule has 0 amide bonds. The number of aliphatic hydroxyl groups is 1. The van der Waals surface area contributed by atoms with Gasteiger partial charge in [-0.25, -0.2) is 0 Å². The van der Waals surface area contributed by atoms with E-state index in [1.807, 2.05) is 0 Å². The average Bonchev–Trinajstić information content (AvgIpc) is 2.58. The van der Waals surface area contributed by atoms with Crippen LogP contribution in [0.5, 0.6) is 0 Å². The molecule has 0 spiro atoms. The summed E-state index contributed by atoms with van der Waals surface area (Å²) in [5.41, 5.74) is 0.0615. The van der Waals surface area contributed by atoms with Crippen LogP contribution < -0.4 is 0 Å². The normalized spacial score (nSPS) is 28.9. The molecule has 1 N–H and O–H groups in total. The maximum absolute atomic E-state index is 9.20. The molecule has 1 aliphatic heterocycles. The Bertz CT molecular complexity index is 173. The van der Waals surface area contributed by atoms with E-state index in [9.17, 15) is 5.11 Å². The van der Waals surface area contributed by atoms with Crippen LogP contribution in [0.2, 0.25) is 0 Å². The molecule has 1 atom stereocenters. The van der Waals surface area contributed by atoms with Crippen molar-refractivity contribution >= 4 is 0 Å². The summed E-state index contributed by atoms with van der Waals surface area (Å²) in [7, 11) is 3.30. The van der Waals surface area contributed by atoms with E-state index in [0.29, 0.717) is 0 Å². The lowest BCUT2D eigenvalue weighted by Gasteiger charge is -2.24. The number of hydrogen-bond donors (Lipinski definition) is 1. The van der Waals surface area contributed by atoms with E-state index in [-0.39, 0.29) is 18.3 Å².